The van der Waals surface area contributed by atoms with Crippen molar-refractivity contribution in [2.45, 2.75) is 46.1 Å². The van der Waals surface area contributed by atoms with Crippen LogP contribution in [0.2, 0.25) is 0 Å². The molecule has 0 aliphatic heterocycles. The lowest BCUT2D eigenvalue weighted by molar-refractivity contribution is -0.125. The van der Waals surface area contributed by atoms with Crippen molar-refractivity contribution in [3.05, 3.63) is 53.3 Å². The number of nitrogens with zero attached hydrogens (tertiary/aromatic N) is 2. The number of hydrogen-bond donors (Lipinski definition) is 1. The van der Waals surface area contributed by atoms with Gasteiger partial charge < -0.3 is 5.32 Å². The van der Waals surface area contributed by atoms with E-state index in [-0.39, 0.29) is 5.91 Å². The predicted molar refractivity (Wildman–Crippen MR) is 88.8 cm³/mol. The van der Waals surface area contributed by atoms with E-state index < -0.39 is 5.41 Å². The van der Waals surface area contributed by atoms with Crippen molar-refractivity contribution in [2.75, 3.05) is 6.54 Å². The average Bonchev–Trinajstić information content (AvgIpc) is 2.82. The Balaban J connectivity index is 1.84. The second-order valence-corrected chi connectivity index (χ2v) is 6.25. The van der Waals surface area contributed by atoms with E-state index in [1.165, 1.54) is 0 Å². The predicted octanol–water partition coefficient (Wildman–Crippen LogP) is 2.98. The fraction of sp³-hybridized carbons (Fsp3) is 0.444. The largest absolute Gasteiger partial charge is 0.355 e. The lowest BCUT2D eigenvalue weighted by Gasteiger charge is -2.24. The molecule has 1 aromatic carbocycles. The second kappa shape index (κ2) is 6.77. The minimum Gasteiger partial charge on any atom is -0.355 e. The molecule has 22 heavy (non-hydrogen) atoms. The summed E-state index contributed by atoms with van der Waals surface area (Å²) in [6.45, 7) is 9.45. The van der Waals surface area contributed by atoms with Gasteiger partial charge in [0.1, 0.15) is 0 Å². The van der Waals surface area contributed by atoms with Gasteiger partial charge in [-0.05, 0) is 45.7 Å². The first-order valence-electron chi connectivity index (χ1n) is 7.76. The van der Waals surface area contributed by atoms with Crippen LogP contribution in [0.15, 0.2) is 36.4 Å². The van der Waals surface area contributed by atoms with E-state index in [1.807, 2.05) is 55.8 Å². The number of hydrogen-bond acceptors (Lipinski definition) is 2. The summed E-state index contributed by atoms with van der Waals surface area (Å²) in [5.41, 5.74) is 2.71. The van der Waals surface area contributed by atoms with Crippen LogP contribution in [0, 0.1) is 13.8 Å². The topological polar surface area (TPSA) is 46.9 Å². The lowest BCUT2D eigenvalue weighted by atomic mass is 9.84. The zero-order valence-electron chi connectivity index (χ0n) is 13.9. The van der Waals surface area contributed by atoms with Crippen molar-refractivity contribution < 1.29 is 4.79 Å². The second-order valence-electron chi connectivity index (χ2n) is 6.25. The van der Waals surface area contributed by atoms with Gasteiger partial charge in [0.25, 0.3) is 0 Å². The molecule has 1 heterocycles. The van der Waals surface area contributed by atoms with E-state index in [2.05, 4.69) is 23.4 Å². The van der Waals surface area contributed by atoms with Crippen LogP contribution in [0.5, 0.6) is 0 Å². The maximum atomic E-state index is 12.4. The average molecular weight is 299 g/mol. The summed E-state index contributed by atoms with van der Waals surface area (Å²) in [7, 11) is 0. The molecular formula is C18H25N3O. The molecule has 0 spiro atoms. The molecule has 2 rings (SSSR count). The first-order chi connectivity index (χ1) is 10.4. The van der Waals surface area contributed by atoms with Gasteiger partial charge in [-0.2, -0.15) is 5.10 Å². The smallest absolute Gasteiger partial charge is 0.230 e. The normalized spacial score (nSPS) is 11.5. The Hall–Kier alpha value is -2.10. The maximum absolute atomic E-state index is 12.4. The van der Waals surface area contributed by atoms with Crippen molar-refractivity contribution >= 4 is 5.91 Å². The summed E-state index contributed by atoms with van der Waals surface area (Å²) in [5.74, 6) is 0.0621. The van der Waals surface area contributed by atoms with E-state index >= 15 is 0 Å². The standard InChI is InChI=1S/C18H25N3O/c1-14-13-15(2)21(20-14)12-8-11-19-17(22)18(3,4)16-9-6-5-7-10-16/h5-7,9-10,13H,8,11-12H2,1-4H3,(H,19,22). The van der Waals surface area contributed by atoms with Crippen molar-refractivity contribution in [3.63, 3.8) is 0 Å². The number of nitrogens with one attached hydrogen (secondary N) is 1. The van der Waals surface area contributed by atoms with Crippen molar-refractivity contribution in [3.8, 4) is 0 Å². The molecular weight excluding hydrogens is 274 g/mol. The molecule has 0 fully saturated rings. The van der Waals surface area contributed by atoms with E-state index in [0.29, 0.717) is 6.54 Å². The number of amides is 1. The van der Waals surface area contributed by atoms with E-state index in [4.69, 9.17) is 0 Å². The Bertz CT molecular complexity index is 629. The van der Waals surface area contributed by atoms with Crippen LogP contribution >= 0.6 is 0 Å². The lowest BCUT2D eigenvalue weighted by Crippen LogP contribution is -2.40. The van der Waals surface area contributed by atoms with E-state index in [9.17, 15) is 4.79 Å². The number of benzene rings is 1. The Kier molecular flexibility index (Phi) is 5.01. The first kappa shape index (κ1) is 16.3. The Morgan fingerprint density at radius 3 is 2.50 bits per heavy atom. The molecule has 0 saturated heterocycles. The highest BCUT2D eigenvalue weighted by atomic mass is 16.2. The fourth-order valence-corrected chi connectivity index (χ4v) is 2.54. The van der Waals surface area contributed by atoms with E-state index in [1.54, 1.807) is 0 Å². The van der Waals surface area contributed by atoms with Gasteiger partial charge in [0.15, 0.2) is 0 Å². The van der Waals surface area contributed by atoms with Gasteiger partial charge in [-0.25, -0.2) is 0 Å². The SMILES string of the molecule is Cc1cc(C)n(CCCNC(=O)C(C)(C)c2ccccc2)n1. The summed E-state index contributed by atoms with van der Waals surface area (Å²) in [6.07, 6.45) is 0.874. The van der Waals surface area contributed by atoms with Crippen LogP contribution in [0.1, 0.15) is 37.2 Å². The Labute approximate surface area is 132 Å². The Morgan fingerprint density at radius 1 is 1.23 bits per heavy atom. The van der Waals surface area contributed by atoms with Gasteiger partial charge in [0, 0.05) is 18.8 Å². The molecule has 1 aromatic heterocycles. The maximum Gasteiger partial charge on any atom is 0.230 e. The van der Waals surface area contributed by atoms with Crippen molar-refractivity contribution in [1.82, 2.24) is 15.1 Å². The summed E-state index contributed by atoms with van der Waals surface area (Å²) >= 11 is 0. The van der Waals surface area contributed by atoms with Gasteiger partial charge in [0.05, 0.1) is 11.1 Å². The summed E-state index contributed by atoms with van der Waals surface area (Å²) < 4.78 is 1.99. The highest BCUT2D eigenvalue weighted by molar-refractivity contribution is 5.87. The van der Waals surface area contributed by atoms with Crippen LogP contribution in [0.25, 0.3) is 0 Å². The van der Waals surface area contributed by atoms with Gasteiger partial charge in [0.2, 0.25) is 5.91 Å². The molecule has 0 bridgehead atoms. The third kappa shape index (κ3) is 3.75. The van der Waals surface area contributed by atoms with Crippen LogP contribution in [-0.2, 0) is 16.8 Å². The number of carbonyl (C=O) groups is 1. The summed E-state index contributed by atoms with van der Waals surface area (Å²) in [5, 5.41) is 7.47. The monoisotopic (exact) mass is 299 g/mol. The first-order valence-corrected chi connectivity index (χ1v) is 7.76. The number of aromatic nitrogens is 2. The van der Waals surface area contributed by atoms with Crippen LogP contribution in [0.3, 0.4) is 0 Å². The molecule has 1 N–H and O–H groups in total. The van der Waals surface area contributed by atoms with Gasteiger partial charge in [-0.15, -0.1) is 0 Å². The molecule has 0 radical (unpaired) electrons. The van der Waals surface area contributed by atoms with Gasteiger partial charge >= 0.3 is 0 Å². The minimum atomic E-state index is -0.514. The summed E-state index contributed by atoms with van der Waals surface area (Å²) in [6, 6.07) is 12.0. The highest BCUT2D eigenvalue weighted by Gasteiger charge is 2.28. The molecule has 118 valence electrons. The zero-order chi connectivity index (χ0) is 16.2. The van der Waals surface area contributed by atoms with Crippen LogP contribution in [-0.4, -0.2) is 22.2 Å². The number of aryl methyl sites for hydroxylation is 3. The minimum absolute atomic E-state index is 0.0621. The zero-order valence-corrected chi connectivity index (χ0v) is 13.9. The van der Waals surface area contributed by atoms with E-state index in [0.717, 1.165) is 29.9 Å². The Morgan fingerprint density at radius 2 is 1.91 bits per heavy atom. The summed E-state index contributed by atoms with van der Waals surface area (Å²) in [4.78, 5) is 12.4. The number of carbonyl (C=O) groups excluding carboxylic acids is 1. The van der Waals surface area contributed by atoms with Crippen LogP contribution in [0.4, 0.5) is 0 Å². The third-order valence-electron chi connectivity index (χ3n) is 4.00. The molecule has 0 saturated carbocycles. The molecule has 0 atom stereocenters. The highest BCUT2D eigenvalue weighted by Crippen LogP contribution is 2.22. The van der Waals surface area contributed by atoms with Gasteiger partial charge in [-0.3, -0.25) is 9.48 Å². The molecule has 1 amide bonds. The third-order valence-corrected chi connectivity index (χ3v) is 4.00. The number of rotatable bonds is 6. The molecule has 0 aliphatic rings. The quantitative estimate of drug-likeness (QED) is 0.834. The molecule has 4 nitrogen and oxygen atoms in total. The van der Waals surface area contributed by atoms with Gasteiger partial charge in [-0.1, -0.05) is 30.3 Å². The van der Waals surface area contributed by atoms with Crippen molar-refractivity contribution in [1.29, 1.82) is 0 Å². The molecule has 0 aliphatic carbocycles. The molecule has 0 unspecified atom stereocenters. The van der Waals surface area contributed by atoms with Crippen molar-refractivity contribution in [2.24, 2.45) is 0 Å². The van der Waals surface area contributed by atoms with Crippen LogP contribution < -0.4 is 5.32 Å². The fourth-order valence-electron chi connectivity index (χ4n) is 2.54. The molecule has 4 heteroatoms. The molecule has 2 aromatic rings.